The molecule has 2 aromatic heterocycles. The molecule has 1 saturated heterocycles. The first kappa shape index (κ1) is 16.6. The molecule has 0 aliphatic carbocycles. The van der Waals surface area contributed by atoms with Crippen molar-refractivity contribution in [2.45, 2.75) is 18.9 Å². The van der Waals surface area contributed by atoms with Crippen LogP contribution in [0.25, 0.3) is 11.0 Å². The molecule has 1 fully saturated rings. The maximum absolute atomic E-state index is 13.8. The molecule has 26 heavy (non-hydrogen) atoms. The van der Waals surface area contributed by atoms with Gasteiger partial charge in [0.15, 0.2) is 5.82 Å². The molecule has 0 saturated carbocycles. The molecule has 134 valence electrons. The zero-order valence-electron chi connectivity index (χ0n) is 14.4. The summed E-state index contributed by atoms with van der Waals surface area (Å²) in [6.07, 6.45) is 6.86. The van der Waals surface area contributed by atoms with E-state index in [0.717, 1.165) is 25.9 Å². The lowest BCUT2D eigenvalue weighted by molar-refractivity contribution is 0.102. The van der Waals surface area contributed by atoms with Gasteiger partial charge in [-0.15, -0.1) is 0 Å². The first-order chi connectivity index (χ1) is 12.6. The molecule has 1 N–H and O–H groups in total. The second kappa shape index (κ2) is 6.80. The van der Waals surface area contributed by atoms with Gasteiger partial charge in [0.25, 0.3) is 5.91 Å². The largest absolute Gasteiger partial charge is 0.306 e. The lowest BCUT2D eigenvalue weighted by Gasteiger charge is -2.28. The van der Waals surface area contributed by atoms with Crippen molar-refractivity contribution in [2.24, 2.45) is 0 Å². The van der Waals surface area contributed by atoms with E-state index >= 15 is 0 Å². The highest BCUT2D eigenvalue weighted by atomic mass is 19.1. The Kier molecular flexibility index (Phi) is 4.34. The predicted octanol–water partition coefficient (Wildman–Crippen LogP) is 2.48. The molecule has 0 spiro atoms. The Bertz CT molecular complexity index is 948. The molecular formula is C18H19FN6O. The van der Waals surface area contributed by atoms with Crippen LogP contribution in [0.5, 0.6) is 0 Å². The number of carbonyl (C=O) groups is 1. The first-order valence-corrected chi connectivity index (χ1v) is 8.55. The summed E-state index contributed by atoms with van der Waals surface area (Å²) in [5.41, 5.74) is 0.845. The average molecular weight is 354 g/mol. The third-order valence-electron chi connectivity index (χ3n) is 4.70. The van der Waals surface area contributed by atoms with Gasteiger partial charge in [0.1, 0.15) is 11.3 Å². The molecule has 3 heterocycles. The third kappa shape index (κ3) is 3.28. The van der Waals surface area contributed by atoms with Crippen molar-refractivity contribution in [1.29, 1.82) is 0 Å². The van der Waals surface area contributed by atoms with Crippen LogP contribution in [0.2, 0.25) is 0 Å². The molecule has 0 atom stereocenters. The monoisotopic (exact) mass is 354 g/mol. The molecule has 1 aliphatic rings. The van der Waals surface area contributed by atoms with Crippen LogP contribution in [-0.2, 0) is 0 Å². The van der Waals surface area contributed by atoms with E-state index in [0.29, 0.717) is 22.9 Å². The van der Waals surface area contributed by atoms with Gasteiger partial charge in [0.05, 0.1) is 17.1 Å². The Morgan fingerprint density at radius 1 is 1.23 bits per heavy atom. The lowest BCUT2D eigenvalue weighted by atomic mass is 10.1. The van der Waals surface area contributed by atoms with Gasteiger partial charge in [0, 0.05) is 30.7 Å². The van der Waals surface area contributed by atoms with E-state index in [4.69, 9.17) is 0 Å². The number of amides is 1. The fourth-order valence-electron chi connectivity index (χ4n) is 3.26. The number of nitrogens with one attached hydrogen (secondary N) is 1. The van der Waals surface area contributed by atoms with Crippen LogP contribution in [-0.4, -0.2) is 50.7 Å². The van der Waals surface area contributed by atoms with Crippen molar-refractivity contribution in [1.82, 2.24) is 24.6 Å². The van der Waals surface area contributed by atoms with Gasteiger partial charge in [-0.3, -0.25) is 19.4 Å². The highest BCUT2D eigenvalue weighted by molar-refractivity contribution is 6.11. The van der Waals surface area contributed by atoms with Crippen molar-refractivity contribution in [3.05, 3.63) is 48.2 Å². The predicted molar refractivity (Wildman–Crippen MR) is 95.4 cm³/mol. The molecule has 7 nitrogen and oxygen atoms in total. The van der Waals surface area contributed by atoms with Crippen molar-refractivity contribution < 1.29 is 9.18 Å². The Morgan fingerprint density at radius 3 is 2.81 bits per heavy atom. The summed E-state index contributed by atoms with van der Waals surface area (Å²) in [5, 5.41) is 7.19. The number of hydrogen-bond acceptors (Lipinski definition) is 5. The number of aromatic nitrogens is 4. The van der Waals surface area contributed by atoms with Gasteiger partial charge >= 0.3 is 0 Å². The molecule has 1 amide bonds. The Morgan fingerprint density at radius 2 is 2.00 bits per heavy atom. The molecule has 1 aliphatic heterocycles. The van der Waals surface area contributed by atoms with Crippen LogP contribution < -0.4 is 5.32 Å². The fraction of sp³-hybridized carbons (Fsp3) is 0.333. The summed E-state index contributed by atoms with van der Waals surface area (Å²) in [6.45, 7) is 2.06. The summed E-state index contributed by atoms with van der Waals surface area (Å²) in [5.74, 6) is -0.543. The number of halogens is 1. The summed E-state index contributed by atoms with van der Waals surface area (Å²) < 4.78 is 15.7. The maximum Gasteiger partial charge on any atom is 0.259 e. The van der Waals surface area contributed by atoms with E-state index in [-0.39, 0.29) is 5.56 Å². The number of benzene rings is 1. The van der Waals surface area contributed by atoms with E-state index < -0.39 is 11.7 Å². The fourth-order valence-corrected chi connectivity index (χ4v) is 3.26. The quantitative estimate of drug-likeness (QED) is 0.782. The van der Waals surface area contributed by atoms with Crippen molar-refractivity contribution >= 4 is 22.8 Å². The van der Waals surface area contributed by atoms with Crippen LogP contribution in [0.1, 0.15) is 29.2 Å². The highest BCUT2D eigenvalue weighted by Gasteiger charge is 2.20. The van der Waals surface area contributed by atoms with Crippen molar-refractivity contribution in [3.8, 4) is 0 Å². The topological polar surface area (TPSA) is 75.9 Å². The smallest absolute Gasteiger partial charge is 0.259 e. The Labute approximate surface area is 149 Å². The number of anilines is 1. The number of carbonyl (C=O) groups excluding carboxylic acids is 1. The normalized spacial score (nSPS) is 16.1. The van der Waals surface area contributed by atoms with E-state index in [1.165, 1.54) is 24.5 Å². The third-order valence-corrected chi connectivity index (χ3v) is 4.70. The zero-order valence-corrected chi connectivity index (χ0v) is 14.4. The SMILES string of the molecule is CN1CCC(n2ccc(NC(=O)c3cc(F)cc4nccnc34)n2)CC1. The molecular weight excluding hydrogens is 335 g/mol. The molecule has 0 radical (unpaired) electrons. The molecule has 3 aromatic rings. The first-order valence-electron chi connectivity index (χ1n) is 8.55. The van der Waals surface area contributed by atoms with Gasteiger partial charge in [-0.1, -0.05) is 0 Å². The average Bonchev–Trinajstić information content (AvgIpc) is 3.10. The maximum atomic E-state index is 13.8. The van der Waals surface area contributed by atoms with Crippen LogP contribution in [0.4, 0.5) is 10.2 Å². The van der Waals surface area contributed by atoms with E-state index in [1.807, 2.05) is 10.9 Å². The second-order valence-corrected chi connectivity index (χ2v) is 6.55. The van der Waals surface area contributed by atoms with Gasteiger partial charge in [-0.05, 0) is 39.0 Å². The number of hydrogen-bond donors (Lipinski definition) is 1. The molecule has 4 rings (SSSR count). The van der Waals surface area contributed by atoms with Crippen LogP contribution in [0.3, 0.4) is 0 Å². The summed E-state index contributed by atoms with van der Waals surface area (Å²) in [6, 6.07) is 4.51. The number of likely N-dealkylation sites (tertiary alicyclic amines) is 1. The van der Waals surface area contributed by atoms with E-state index in [1.54, 1.807) is 6.07 Å². The van der Waals surface area contributed by atoms with Crippen molar-refractivity contribution in [2.75, 3.05) is 25.5 Å². The van der Waals surface area contributed by atoms with Crippen LogP contribution in [0.15, 0.2) is 36.8 Å². The summed E-state index contributed by atoms with van der Waals surface area (Å²) >= 11 is 0. The minimum Gasteiger partial charge on any atom is -0.306 e. The molecule has 1 aromatic carbocycles. The highest BCUT2D eigenvalue weighted by Crippen LogP contribution is 2.22. The van der Waals surface area contributed by atoms with Crippen LogP contribution in [0, 0.1) is 5.82 Å². The zero-order chi connectivity index (χ0) is 18.1. The van der Waals surface area contributed by atoms with Gasteiger partial charge < -0.3 is 10.2 Å². The molecule has 0 unspecified atom stereocenters. The van der Waals surface area contributed by atoms with Gasteiger partial charge in [-0.25, -0.2) is 4.39 Å². The minimum atomic E-state index is -0.528. The van der Waals surface area contributed by atoms with Crippen LogP contribution >= 0.6 is 0 Å². The minimum absolute atomic E-state index is 0.141. The van der Waals surface area contributed by atoms with Gasteiger partial charge in [0.2, 0.25) is 0 Å². The second-order valence-electron chi connectivity index (χ2n) is 6.55. The molecule has 0 bridgehead atoms. The standard InChI is InChI=1S/C18H19FN6O/c1-24-7-2-13(3-8-24)25-9-4-16(23-25)22-18(26)14-10-12(19)11-15-17(14)21-6-5-20-15/h4-6,9-11,13H,2-3,7-8H2,1H3,(H,22,23,26). The lowest BCUT2D eigenvalue weighted by Crippen LogP contribution is -2.31. The molecule has 8 heteroatoms. The number of piperidine rings is 1. The van der Waals surface area contributed by atoms with E-state index in [2.05, 4.69) is 32.3 Å². The number of rotatable bonds is 3. The summed E-state index contributed by atoms with van der Waals surface area (Å²) in [4.78, 5) is 23.1. The number of fused-ring (bicyclic) bond motifs is 1. The Hall–Kier alpha value is -2.87. The van der Waals surface area contributed by atoms with Crippen molar-refractivity contribution in [3.63, 3.8) is 0 Å². The van der Waals surface area contributed by atoms with E-state index in [9.17, 15) is 9.18 Å². The summed E-state index contributed by atoms with van der Waals surface area (Å²) in [7, 11) is 2.11. The number of nitrogens with zero attached hydrogens (tertiary/aromatic N) is 5. The van der Waals surface area contributed by atoms with Gasteiger partial charge in [-0.2, -0.15) is 5.10 Å². The Balaban J connectivity index is 1.54.